The van der Waals surface area contributed by atoms with Crippen LogP contribution in [0.25, 0.3) is 0 Å². The van der Waals surface area contributed by atoms with Crippen molar-refractivity contribution in [3.05, 3.63) is 28.8 Å². The molecule has 0 aromatic heterocycles. The van der Waals surface area contributed by atoms with Crippen molar-refractivity contribution in [2.24, 2.45) is 5.41 Å². The number of halogens is 1. The van der Waals surface area contributed by atoms with E-state index in [-0.39, 0.29) is 17.4 Å². The molecule has 1 aromatic carbocycles. The average Bonchev–Trinajstić information content (AvgIpc) is 2.25. The second-order valence-electron chi connectivity index (χ2n) is 5.66. The Morgan fingerprint density at radius 2 is 1.94 bits per heavy atom. The van der Waals surface area contributed by atoms with Crippen LogP contribution in [0.15, 0.2) is 18.2 Å². The molecule has 18 heavy (non-hydrogen) atoms. The number of amides is 1. The van der Waals surface area contributed by atoms with Crippen molar-refractivity contribution < 1.29 is 4.79 Å². The fourth-order valence-electron chi connectivity index (χ4n) is 1.70. The van der Waals surface area contributed by atoms with Crippen LogP contribution >= 0.6 is 11.6 Å². The summed E-state index contributed by atoms with van der Waals surface area (Å²) in [5, 5.41) is 0.396. The summed E-state index contributed by atoms with van der Waals surface area (Å²) < 4.78 is 0. The highest BCUT2D eigenvalue weighted by molar-refractivity contribution is 6.34. The summed E-state index contributed by atoms with van der Waals surface area (Å²) in [4.78, 5) is 14.1. The van der Waals surface area contributed by atoms with Crippen molar-refractivity contribution in [3.8, 4) is 0 Å². The van der Waals surface area contributed by atoms with Crippen LogP contribution < -0.4 is 5.73 Å². The Kier molecular flexibility index (Phi) is 4.28. The standard InChI is InChI=1S/C14H21ClN2O/c1-9(14(2,3)4)17(5)13(18)12-10(15)7-6-8-11(12)16/h6-9H,16H2,1-5H3. The monoisotopic (exact) mass is 268 g/mol. The molecule has 2 N–H and O–H groups in total. The van der Waals surface area contributed by atoms with E-state index in [0.29, 0.717) is 16.3 Å². The molecule has 1 amide bonds. The van der Waals surface area contributed by atoms with Gasteiger partial charge in [-0.1, -0.05) is 38.4 Å². The minimum absolute atomic E-state index is 0.000425. The molecule has 0 aliphatic carbocycles. The summed E-state index contributed by atoms with van der Waals surface area (Å²) in [7, 11) is 1.78. The predicted molar refractivity (Wildman–Crippen MR) is 76.9 cm³/mol. The number of rotatable bonds is 2. The van der Waals surface area contributed by atoms with Crippen LogP contribution in [0.2, 0.25) is 5.02 Å². The number of nitrogens with zero attached hydrogens (tertiary/aromatic N) is 1. The zero-order chi connectivity index (χ0) is 14.1. The van der Waals surface area contributed by atoms with Crippen LogP contribution in [-0.2, 0) is 0 Å². The highest BCUT2D eigenvalue weighted by atomic mass is 35.5. The summed E-state index contributed by atoms with van der Waals surface area (Å²) in [6.45, 7) is 8.30. The van der Waals surface area contributed by atoms with E-state index < -0.39 is 0 Å². The second kappa shape index (κ2) is 5.19. The largest absolute Gasteiger partial charge is 0.398 e. The van der Waals surface area contributed by atoms with E-state index >= 15 is 0 Å². The number of benzene rings is 1. The summed E-state index contributed by atoms with van der Waals surface area (Å²) in [5.74, 6) is -0.138. The zero-order valence-electron chi connectivity index (χ0n) is 11.6. The molecule has 1 unspecified atom stereocenters. The number of hydrogen-bond donors (Lipinski definition) is 1. The molecule has 0 aliphatic heterocycles. The van der Waals surface area contributed by atoms with E-state index in [9.17, 15) is 4.79 Å². The highest BCUT2D eigenvalue weighted by Crippen LogP contribution is 2.28. The van der Waals surface area contributed by atoms with Gasteiger partial charge in [-0.2, -0.15) is 0 Å². The van der Waals surface area contributed by atoms with E-state index in [4.69, 9.17) is 17.3 Å². The van der Waals surface area contributed by atoms with Gasteiger partial charge in [-0.15, -0.1) is 0 Å². The number of carbonyl (C=O) groups excluding carboxylic acids is 1. The Morgan fingerprint density at radius 3 is 2.39 bits per heavy atom. The van der Waals surface area contributed by atoms with Gasteiger partial charge in [0.1, 0.15) is 0 Å². The maximum atomic E-state index is 12.4. The summed E-state index contributed by atoms with van der Waals surface area (Å²) >= 11 is 6.06. The first-order valence-electron chi connectivity index (χ1n) is 5.97. The van der Waals surface area contributed by atoms with Gasteiger partial charge in [-0.05, 0) is 24.5 Å². The Balaban J connectivity index is 3.08. The number of carbonyl (C=O) groups is 1. The van der Waals surface area contributed by atoms with Crippen LogP contribution in [0, 0.1) is 5.41 Å². The van der Waals surface area contributed by atoms with E-state index in [0.717, 1.165) is 0 Å². The van der Waals surface area contributed by atoms with Crippen LogP contribution in [0.5, 0.6) is 0 Å². The molecule has 1 atom stereocenters. The molecule has 0 saturated heterocycles. The molecule has 0 radical (unpaired) electrons. The molecule has 0 fully saturated rings. The first-order valence-corrected chi connectivity index (χ1v) is 6.35. The van der Waals surface area contributed by atoms with Crippen LogP contribution in [0.4, 0.5) is 5.69 Å². The number of hydrogen-bond acceptors (Lipinski definition) is 2. The Hall–Kier alpha value is -1.22. The van der Waals surface area contributed by atoms with Gasteiger partial charge in [0.2, 0.25) is 0 Å². The van der Waals surface area contributed by atoms with Gasteiger partial charge >= 0.3 is 0 Å². The summed E-state index contributed by atoms with van der Waals surface area (Å²) in [6, 6.07) is 5.19. The normalized spacial score (nSPS) is 13.2. The third kappa shape index (κ3) is 2.96. The summed E-state index contributed by atoms with van der Waals surface area (Å²) in [6.07, 6.45) is 0. The van der Waals surface area contributed by atoms with Crippen LogP contribution in [0.1, 0.15) is 38.1 Å². The van der Waals surface area contributed by atoms with E-state index in [1.807, 2.05) is 6.92 Å². The van der Waals surface area contributed by atoms with Crippen molar-refractivity contribution in [1.82, 2.24) is 4.90 Å². The van der Waals surface area contributed by atoms with Gasteiger partial charge < -0.3 is 10.6 Å². The maximum absolute atomic E-state index is 12.4. The molecule has 0 aliphatic rings. The molecular weight excluding hydrogens is 248 g/mol. The fraction of sp³-hybridized carbons (Fsp3) is 0.500. The maximum Gasteiger partial charge on any atom is 0.257 e. The number of nitrogens with two attached hydrogens (primary N) is 1. The zero-order valence-corrected chi connectivity index (χ0v) is 12.4. The lowest BCUT2D eigenvalue weighted by molar-refractivity contribution is 0.0630. The highest BCUT2D eigenvalue weighted by Gasteiger charge is 2.29. The molecular formula is C14H21ClN2O. The minimum Gasteiger partial charge on any atom is -0.398 e. The van der Waals surface area contributed by atoms with E-state index in [1.165, 1.54) is 0 Å². The number of anilines is 1. The third-order valence-corrected chi connectivity index (χ3v) is 3.73. The third-order valence-electron chi connectivity index (χ3n) is 3.41. The van der Waals surface area contributed by atoms with Gasteiger partial charge in [0, 0.05) is 18.8 Å². The van der Waals surface area contributed by atoms with Crippen molar-refractivity contribution in [3.63, 3.8) is 0 Å². The molecule has 0 heterocycles. The predicted octanol–water partition coefficient (Wildman–Crippen LogP) is 3.43. The van der Waals surface area contributed by atoms with Crippen molar-refractivity contribution in [2.45, 2.75) is 33.7 Å². The molecule has 0 saturated carbocycles. The average molecular weight is 269 g/mol. The Labute approximate surface area is 114 Å². The van der Waals surface area contributed by atoms with Crippen LogP contribution in [0.3, 0.4) is 0 Å². The first-order chi connectivity index (χ1) is 8.16. The fourth-order valence-corrected chi connectivity index (χ4v) is 1.96. The van der Waals surface area contributed by atoms with Crippen molar-refractivity contribution in [2.75, 3.05) is 12.8 Å². The quantitative estimate of drug-likeness (QED) is 0.836. The van der Waals surface area contributed by atoms with Gasteiger partial charge in [-0.3, -0.25) is 4.79 Å². The van der Waals surface area contributed by atoms with Gasteiger partial charge in [0.15, 0.2) is 0 Å². The van der Waals surface area contributed by atoms with Crippen molar-refractivity contribution >= 4 is 23.2 Å². The molecule has 0 bridgehead atoms. The minimum atomic E-state index is -0.138. The van der Waals surface area contributed by atoms with E-state index in [1.54, 1.807) is 30.1 Å². The first kappa shape index (κ1) is 14.8. The summed E-state index contributed by atoms with van der Waals surface area (Å²) in [5.41, 5.74) is 6.64. The van der Waals surface area contributed by atoms with Crippen molar-refractivity contribution in [1.29, 1.82) is 0 Å². The van der Waals surface area contributed by atoms with Crippen LogP contribution in [-0.4, -0.2) is 23.9 Å². The Morgan fingerprint density at radius 1 is 1.39 bits per heavy atom. The second-order valence-corrected chi connectivity index (χ2v) is 6.07. The van der Waals surface area contributed by atoms with Gasteiger partial charge in [-0.25, -0.2) is 0 Å². The lowest BCUT2D eigenvalue weighted by Gasteiger charge is -2.35. The topological polar surface area (TPSA) is 46.3 Å². The molecule has 1 rings (SSSR count). The van der Waals surface area contributed by atoms with Gasteiger partial charge in [0.25, 0.3) is 5.91 Å². The lowest BCUT2D eigenvalue weighted by Crippen LogP contribution is -2.43. The Bertz CT molecular complexity index is 431. The molecule has 100 valence electrons. The lowest BCUT2D eigenvalue weighted by atomic mass is 9.87. The molecule has 3 nitrogen and oxygen atoms in total. The van der Waals surface area contributed by atoms with E-state index in [2.05, 4.69) is 20.8 Å². The van der Waals surface area contributed by atoms with Gasteiger partial charge in [0.05, 0.1) is 10.6 Å². The molecule has 0 spiro atoms. The SMILES string of the molecule is CC(N(C)C(=O)c1c(N)cccc1Cl)C(C)(C)C. The molecule has 4 heteroatoms. The molecule has 1 aromatic rings. The number of nitrogen functional groups attached to an aromatic ring is 1. The smallest absolute Gasteiger partial charge is 0.257 e.